The molecule has 1 aliphatic heterocycles. The van der Waals surface area contributed by atoms with Crippen molar-refractivity contribution in [3.05, 3.63) is 35.4 Å². The maximum absolute atomic E-state index is 3.28. The average Bonchev–Trinajstić information content (AvgIpc) is 2.55. The molecule has 0 spiro atoms. The molecule has 0 radical (unpaired) electrons. The Morgan fingerprint density at radius 2 is 1.81 bits per heavy atom. The number of aryl methyl sites for hydroxylation is 1. The Morgan fingerprint density at radius 3 is 2.33 bits per heavy atom. The van der Waals surface area contributed by atoms with E-state index >= 15 is 0 Å². The second kappa shape index (κ2) is 8.55. The van der Waals surface area contributed by atoms with Crippen LogP contribution in [-0.4, -0.2) is 31.6 Å². The van der Waals surface area contributed by atoms with Gasteiger partial charge in [-0.15, -0.1) is 0 Å². The summed E-state index contributed by atoms with van der Waals surface area (Å²) in [4.78, 5) is 2.71. The van der Waals surface area contributed by atoms with Gasteiger partial charge in [0.25, 0.3) is 0 Å². The van der Waals surface area contributed by atoms with Crippen molar-refractivity contribution in [3.63, 3.8) is 0 Å². The van der Waals surface area contributed by atoms with Gasteiger partial charge in [0, 0.05) is 6.04 Å². The van der Waals surface area contributed by atoms with E-state index in [9.17, 15) is 0 Å². The monoisotopic (exact) mass is 288 g/mol. The molecular weight excluding hydrogens is 256 g/mol. The van der Waals surface area contributed by atoms with E-state index in [1.54, 1.807) is 0 Å². The smallest absolute Gasteiger partial charge is 0.0345 e. The van der Waals surface area contributed by atoms with E-state index in [0.29, 0.717) is 6.04 Å². The van der Waals surface area contributed by atoms with Gasteiger partial charge in [-0.25, -0.2) is 0 Å². The maximum Gasteiger partial charge on any atom is 0.0345 e. The first-order valence-electron chi connectivity index (χ1n) is 8.76. The number of nitrogens with zero attached hydrogens (tertiary/aromatic N) is 1. The highest BCUT2D eigenvalue weighted by atomic mass is 15.2. The number of hydrogen-bond acceptors (Lipinski definition) is 2. The van der Waals surface area contributed by atoms with Gasteiger partial charge in [-0.2, -0.15) is 0 Å². The molecule has 1 atom stereocenters. The molecule has 21 heavy (non-hydrogen) atoms. The summed E-state index contributed by atoms with van der Waals surface area (Å²) in [6, 6.07) is 9.91. The molecule has 1 aromatic rings. The van der Waals surface area contributed by atoms with Crippen LogP contribution in [0.4, 0.5) is 0 Å². The van der Waals surface area contributed by atoms with Crippen LogP contribution >= 0.6 is 0 Å². The number of rotatable bonds is 7. The van der Waals surface area contributed by atoms with Crippen molar-refractivity contribution in [2.45, 2.75) is 52.0 Å². The molecule has 1 saturated heterocycles. The number of piperidine rings is 1. The molecule has 0 bridgehead atoms. The van der Waals surface area contributed by atoms with Gasteiger partial charge in [-0.1, -0.05) is 38.1 Å². The zero-order chi connectivity index (χ0) is 15.1. The third-order valence-corrected chi connectivity index (χ3v) is 5.05. The molecular formula is C19H32N2. The van der Waals surface area contributed by atoms with Gasteiger partial charge in [0.2, 0.25) is 0 Å². The Labute approximate surface area is 130 Å². The summed E-state index contributed by atoms with van der Waals surface area (Å²) in [5.74, 6) is 0.925. The van der Waals surface area contributed by atoms with Gasteiger partial charge in [0.1, 0.15) is 0 Å². The fourth-order valence-corrected chi connectivity index (χ4v) is 3.58. The molecule has 2 rings (SSSR count). The van der Waals surface area contributed by atoms with Crippen LogP contribution in [0.5, 0.6) is 0 Å². The molecule has 1 fully saturated rings. The van der Waals surface area contributed by atoms with E-state index in [4.69, 9.17) is 0 Å². The molecule has 0 saturated carbocycles. The molecule has 1 aliphatic rings. The summed E-state index contributed by atoms with van der Waals surface area (Å²) in [5, 5.41) is 3.28. The first-order chi connectivity index (χ1) is 10.3. The normalized spacial score (nSPS) is 18.8. The van der Waals surface area contributed by atoms with Crippen molar-refractivity contribution in [3.8, 4) is 0 Å². The summed E-state index contributed by atoms with van der Waals surface area (Å²) < 4.78 is 0. The van der Waals surface area contributed by atoms with Gasteiger partial charge < -0.3 is 5.32 Å². The predicted molar refractivity (Wildman–Crippen MR) is 91.7 cm³/mol. The van der Waals surface area contributed by atoms with E-state index in [0.717, 1.165) is 12.3 Å². The molecule has 0 aromatic heterocycles. The number of nitrogens with one attached hydrogen (secondary N) is 1. The van der Waals surface area contributed by atoms with Gasteiger partial charge in [-0.3, -0.25) is 4.90 Å². The zero-order valence-corrected chi connectivity index (χ0v) is 14.1. The van der Waals surface area contributed by atoms with Crippen LogP contribution in [0.3, 0.4) is 0 Å². The van der Waals surface area contributed by atoms with Crippen LogP contribution in [0, 0.1) is 5.92 Å². The molecule has 1 heterocycles. The van der Waals surface area contributed by atoms with Crippen LogP contribution in [0.2, 0.25) is 0 Å². The Kier molecular flexibility index (Phi) is 6.72. The van der Waals surface area contributed by atoms with E-state index in [1.165, 1.54) is 56.4 Å². The van der Waals surface area contributed by atoms with Crippen LogP contribution < -0.4 is 5.32 Å². The Morgan fingerprint density at radius 1 is 1.14 bits per heavy atom. The van der Waals surface area contributed by atoms with Crippen molar-refractivity contribution in [2.75, 3.05) is 26.7 Å². The molecule has 1 unspecified atom stereocenters. The van der Waals surface area contributed by atoms with Crippen LogP contribution in [0.15, 0.2) is 24.3 Å². The van der Waals surface area contributed by atoms with Crippen molar-refractivity contribution < 1.29 is 0 Å². The SMILES string of the molecule is CCc1ccc(C(CC)N2CCC(CCNC)CC2)cc1. The summed E-state index contributed by atoms with van der Waals surface area (Å²) >= 11 is 0. The van der Waals surface area contributed by atoms with Crippen LogP contribution in [0.25, 0.3) is 0 Å². The lowest BCUT2D eigenvalue weighted by molar-refractivity contribution is 0.126. The molecule has 0 aliphatic carbocycles. The highest BCUT2D eigenvalue weighted by molar-refractivity contribution is 5.25. The molecule has 1 aromatic carbocycles. The summed E-state index contributed by atoms with van der Waals surface area (Å²) in [7, 11) is 2.06. The topological polar surface area (TPSA) is 15.3 Å². The summed E-state index contributed by atoms with van der Waals surface area (Å²) in [6.07, 6.45) is 6.42. The predicted octanol–water partition coefficient (Wildman–Crippen LogP) is 4.02. The molecule has 2 heteroatoms. The molecule has 118 valence electrons. The third kappa shape index (κ3) is 4.55. The van der Waals surface area contributed by atoms with E-state index < -0.39 is 0 Å². The van der Waals surface area contributed by atoms with E-state index in [1.807, 2.05) is 0 Å². The Balaban J connectivity index is 1.92. The second-order valence-corrected chi connectivity index (χ2v) is 6.39. The summed E-state index contributed by atoms with van der Waals surface area (Å²) in [6.45, 7) is 8.25. The minimum Gasteiger partial charge on any atom is -0.320 e. The minimum absolute atomic E-state index is 0.612. The van der Waals surface area contributed by atoms with Crippen molar-refractivity contribution in [2.24, 2.45) is 5.92 Å². The van der Waals surface area contributed by atoms with Crippen molar-refractivity contribution in [1.82, 2.24) is 10.2 Å². The van der Waals surface area contributed by atoms with Gasteiger partial charge in [0.15, 0.2) is 0 Å². The Bertz CT molecular complexity index is 391. The first kappa shape index (κ1) is 16.5. The lowest BCUT2D eigenvalue weighted by Gasteiger charge is -2.37. The van der Waals surface area contributed by atoms with Crippen LogP contribution in [-0.2, 0) is 6.42 Å². The lowest BCUT2D eigenvalue weighted by Crippen LogP contribution is -2.37. The van der Waals surface area contributed by atoms with E-state index in [2.05, 4.69) is 55.4 Å². The van der Waals surface area contributed by atoms with Gasteiger partial charge >= 0.3 is 0 Å². The fraction of sp³-hybridized carbons (Fsp3) is 0.684. The highest BCUT2D eigenvalue weighted by Crippen LogP contribution is 2.30. The third-order valence-electron chi connectivity index (χ3n) is 5.05. The van der Waals surface area contributed by atoms with Gasteiger partial charge in [0.05, 0.1) is 0 Å². The van der Waals surface area contributed by atoms with E-state index in [-0.39, 0.29) is 0 Å². The standard InChI is InChI=1S/C19H32N2/c1-4-16-6-8-18(9-7-16)19(5-2)21-14-11-17(12-15-21)10-13-20-3/h6-9,17,19-20H,4-5,10-15H2,1-3H3. The Hall–Kier alpha value is -0.860. The molecule has 0 amide bonds. The number of hydrogen-bond donors (Lipinski definition) is 1. The zero-order valence-electron chi connectivity index (χ0n) is 14.1. The first-order valence-corrected chi connectivity index (χ1v) is 8.76. The average molecular weight is 288 g/mol. The van der Waals surface area contributed by atoms with Crippen LogP contribution in [0.1, 0.15) is 56.7 Å². The largest absolute Gasteiger partial charge is 0.320 e. The summed E-state index contributed by atoms with van der Waals surface area (Å²) in [5.41, 5.74) is 2.95. The van der Waals surface area contributed by atoms with Crippen molar-refractivity contribution in [1.29, 1.82) is 0 Å². The van der Waals surface area contributed by atoms with Crippen molar-refractivity contribution >= 4 is 0 Å². The number of benzene rings is 1. The molecule has 2 nitrogen and oxygen atoms in total. The fourth-order valence-electron chi connectivity index (χ4n) is 3.58. The quantitative estimate of drug-likeness (QED) is 0.815. The second-order valence-electron chi connectivity index (χ2n) is 6.39. The highest BCUT2D eigenvalue weighted by Gasteiger charge is 2.24. The van der Waals surface area contributed by atoms with Gasteiger partial charge in [-0.05, 0) is 75.8 Å². The minimum atomic E-state index is 0.612. The number of likely N-dealkylation sites (tertiary alicyclic amines) is 1. The maximum atomic E-state index is 3.28. The molecule has 1 N–H and O–H groups in total. The lowest BCUT2D eigenvalue weighted by atomic mass is 9.91.